The molecule has 17 heavy (non-hydrogen) atoms. The molecule has 1 heterocycles. The lowest BCUT2D eigenvalue weighted by Gasteiger charge is -2.11. The molecule has 0 unspecified atom stereocenters. The van der Waals surface area contributed by atoms with E-state index < -0.39 is 0 Å². The van der Waals surface area contributed by atoms with Crippen LogP contribution in [0.4, 0.5) is 0 Å². The zero-order valence-electron chi connectivity index (χ0n) is 9.83. The third-order valence-corrected chi connectivity index (χ3v) is 3.36. The Morgan fingerprint density at radius 3 is 3.06 bits per heavy atom. The average Bonchev–Trinajstić information content (AvgIpc) is 2.82. The number of aryl methyl sites for hydroxylation is 1. The summed E-state index contributed by atoms with van der Waals surface area (Å²) in [6.07, 6.45) is 2.27. The van der Waals surface area contributed by atoms with E-state index in [2.05, 4.69) is 5.32 Å². The maximum Gasteiger partial charge on any atom is 0.251 e. The Hall–Kier alpha value is -1.06. The summed E-state index contributed by atoms with van der Waals surface area (Å²) in [5.74, 6) is -0.0950. The Kier molecular flexibility index (Phi) is 4.02. The van der Waals surface area contributed by atoms with Crippen molar-refractivity contribution >= 4 is 17.5 Å². The zero-order valence-corrected chi connectivity index (χ0v) is 10.6. The summed E-state index contributed by atoms with van der Waals surface area (Å²) in [4.78, 5) is 11.8. The molecule has 1 N–H and O–H groups in total. The lowest BCUT2D eigenvalue weighted by molar-refractivity contribution is 0.0858. The average molecular weight is 254 g/mol. The molecule has 1 amide bonds. The van der Waals surface area contributed by atoms with Crippen LogP contribution in [-0.2, 0) is 4.74 Å². The smallest absolute Gasteiger partial charge is 0.251 e. The first kappa shape index (κ1) is 12.4. The minimum Gasteiger partial charge on any atom is -0.376 e. The highest BCUT2D eigenvalue weighted by Crippen LogP contribution is 2.17. The Labute approximate surface area is 106 Å². The Bertz CT molecular complexity index is 414. The molecule has 1 fully saturated rings. The first-order chi connectivity index (χ1) is 8.16. The molecule has 2 rings (SSSR count). The third kappa shape index (κ3) is 3.20. The van der Waals surface area contributed by atoms with E-state index >= 15 is 0 Å². The van der Waals surface area contributed by atoms with Crippen LogP contribution in [0.15, 0.2) is 18.2 Å². The van der Waals surface area contributed by atoms with Gasteiger partial charge in [0.25, 0.3) is 5.91 Å². The molecule has 1 aromatic rings. The van der Waals surface area contributed by atoms with Gasteiger partial charge in [0.05, 0.1) is 6.10 Å². The Balaban J connectivity index is 1.92. The largest absolute Gasteiger partial charge is 0.376 e. The lowest BCUT2D eigenvalue weighted by atomic mass is 10.1. The van der Waals surface area contributed by atoms with Gasteiger partial charge in [0.15, 0.2) is 0 Å². The highest BCUT2D eigenvalue weighted by Gasteiger charge is 2.16. The molecule has 0 bridgehead atoms. The second-order valence-corrected chi connectivity index (χ2v) is 4.72. The van der Waals surface area contributed by atoms with Gasteiger partial charge in [0.2, 0.25) is 0 Å². The molecule has 3 nitrogen and oxygen atoms in total. The van der Waals surface area contributed by atoms with Gasteiger partial charge in [-0.2, -0.15) is 0 Å². The van der Waals surface area contributed by atoms with Crippen LogP contribution in [0.25, 0.3) is 0 Å². The number of halogens is 1. The number of carbonyl (C=O) groups is 1. The number of amides is 1. The molecule has 1 saturated heterocycles. The van der Waals surface area contributed by atoms with E-state index in [1.54, 1.807) is 12.1 Å². The number of hydrogen-bond donors (Lipinski definition) is 1. The summed E-state index contributed by atoms with van der Waals surface area (Å²) in [6, 6.07) is 5.33. The summed E-state index contributed by atoms with van der Waals surface area (Å²) < 4.78 is 5.44. The van der Waals surface area contributed by atoms with Crippen LogP contribution < -0.4 is 5.32 Å². The third-order valence-electron chi connectivity index (χ3n) is 2.95. The molecule has 1 aliphatic heterocycles. The molecule has 0 aliphatic carbocycles. The van der Waals surface area contributed by atoms with E-state index in [0.29, 0.717) is 17.1 Å². The van der Waals surface area contributed by atoms with Crippen molar-refractivity contribution in [3.8, 4) is 0 Å². The van der Waals surface area contributed by atoms with Gasteiger partial charge in [-0.15, -0.1) is 0 Å². The van der Waals surface area contributed by atoms with Gasteiger partial charge < -0.3 is 10.1 Å². The van der Waals surface area contributed by atoms with E-state index in [0.717, 1.165) is 25.0 Å². The fourth-order valence-electron chi connectivity index (χ4n) is 1.85. The van der Waals surface area contributed by atoms with Gasteiger partial charge in [0, 0.05) is 23.7 Å². The summed E-state index contributed by atoms with van der Waals surface area (Å²) in [5.41, 5.74) is 1.57. The number of nitrogens with one attached hydrogen (secondary N) is 1. The predicted molar refractivity (Wildman–Crippen MR) is 67.5 cm³/mol. The number of carbonyl (C=O) groups excluding carboxylic acids is 1. The van der Waals surface area contributed by atoms with Crippen LogP contribution in [0.2, 0.25) is 5.02 Å². The number of benzene rings is 1. The maximum atomic E-state index is 11.8. The zero-order chi connectivity index (χ0) is 12.3. The topological polar surface area (TPSA) is 38.3 Å². The Morgan fingerprint density at radius 1 is 1.59 bits per heavy atom. The minimum atomic E-state index is -0.0950. The van der Waals surface area contributed by atoms with E-state index in [1.165, 1.54) is 0 Å². The van der Waals surface area contributed by atoms with Crippen LogP contribution in [0.1, 0.15) is 28.8 Å². The number of hydrogen-bond acceptors (Lipinski definition) is 2. The molecule has 1 aliphatic rings. The number of rotatable bonds is 3. The summed E-state index contributed by atoms with van der Waals surface area (Å²) in [5, 5.41) is 3.49. The van der Waals surface area contributed by atoms with Crippen LogP contribution in [-0.4, -0.2) is 25.2 Å². The van der Waals surface area contributed by atoms with Crippen molar-refractivity contribution in [3.63, 3.8) is 0 Å². The van der Waals surface area contributed by atoms with Crippen molar-refractivity contribution < 1.29 is 9.53 Å². The first-order valence-electron chi connectivity index (χ1n) is 5.83. The van der Waals surface area contributed by atoms with Crippen molar-refractivity contribution in [2.24, 2.45) is 0 Å². The molecule has 0 saturated carbocycles. The maximum absolute atomic E-state index is 11.8. The van der Waals surface area contributed by atoms with Gasteiger partial charge in [-0.05, 0) is 37.5 Å². The molecule has 1 atom stereocenters. The van der Waals surface area contributed by atoms with E-state index in [-0.39, 0.29) is 12.0 Å². The van der Waals surface area contributed by atoms with Crippen LogP contribution in [0.5, 0.6) is 0 Å². The van der Waals surface area contributed by atoms with Gasteiger partial charge in [-0.3, -0.25) is 4.79 Å². The predicted octanol–water partition coefficient (Wildman–Crippen LogP) is 2.56. The molecule has 1 aromatic carbocycles. The highest BCUT2D eigenvalue weighted by atomic mass is 35.5. The normalized spacial score (nSPS) is 19.3. The van der Waals surface area contributed by atoms with Crippen LogP contribution in [0.3, 0.4) is 0 Å². The standard InChI is InChI=1S/C13H16ClNO2/c1-9-4-5-10(7-12(9)14)13(16)15-8-11-3-2-6-17-11/h4-5,7,11H,2-3,6,8H2,1H3,(H,15,16)/t11-/m0/s1. The molecule has 0 spiro atoms. The molecular formula is C13H16ClNO2. The fraction of sp³-hybridized carbons (Fsp3) is 0.462. The molecular weight excluding hydrogens is 238 g/mol. The van der Waals surface area contributed by atoms with Gasteiger partial charge >= 0.3 is 0 Å². The van der Waals surface area contributed by atoms with E-state index in [1.807, 2.05) is 13.0 Å². The van der Waals surface area contributed by atoms with Crippen molar-refractivity contribution in [3.05, 3.63) is 34.3 Å². The molecule has 4 heteroatoms. The fourth-order valence-corrected chi connectivity index (χ4v) is 2.03. The monoisotopic (exact) mass is 253 g/mol. The van der Waals surface area contributed by atoms with Crippen LogP contribution >= 0.6 is 11.6 Å². The quantitative estimate of drug-likeness (QED) is 0.899. The lowest BCUT2D eigenvalue weighted by Crippen LogP contribution is -2.31. The molecule has 92 valence electrons. The molecule has 0 aromatic heterocycles. The summed E-state index contributed by atoms with van der Waals surface area (Å²) in [7, 11) is 0. The Morgan fingerprint density at radius 2 is 2.41 bits per heavy atom. The van der Waals surface area contributed by atoms with Crippen molar-refractivity contribution in [2.75, 3.05) is 13.2 Å². The highest BCUT2D eigenvalue weighted by molar-refractivity contribution is 6.31. The van der Waals surface area contributed by atoms with E-state index in [9.17, 15) is 4.79 Å². The minimum absolute atomic E-state index is 0.0950. The number of ether oxygens (including phenoxy) is 1. The van der Waals surface area contributed by atoms with Crippen molar-refractivity contribution in [2.45, 2.75) is 25.9 Å². The van der Waals surface area contributed by atoms with Gasteiger partial charge in [-0.25, -0.2) is 0 Å². The second kappa shape index (κ2) is 5.52. The van der Waals surface area contributed by atoms with Gasteiger partial charge in [0.1, 0.15) is 0 Å². The first-order valence-corrected chi connectivity index (χ1v) is 6.20. The van der Waals surface area contributed by atoms with Crippen molar-refractivity contribution in [1.29, 1.82) is 0 Å². The molecule has 0 radical (unpaired) electrons. The SMILES string of the molecule is Cc1ccc(C(=O)NC[C@@H]2CCCO2)cc1Cl. The summed E-state index contributed by atoms with van der Waals surface area (Å²) >= 11 is 5.98. The van der Waals surface area contributed by atoms with Crippen LogP contribution in [0, 0.1) is 6.92 Å². The second-order valence-electron chi connectivity index (χ2n) is 4.31. The van der Waals surface area contributed by atoms with E-state index in [4.69, 9.17) is 16.3 Å². The summed E-state index contributed by atoms with van der Waals surface area (Å²) in [6.45, 7) is 3.29. The van der Waals surface area contributed by atoms with Gasteiger partial charge in [-0.1, -0.05) is 17.7 Å². The van der Waals surface area contributed by atoms with Crippen molar-refractivity contribution in [1.82, 2.24) is 5.32 Å².